The zero-order valence-electron chi connectivity index (χ0n) is 15.7. The van der Waals surface area contributed by atoms with Crippen molar-refractivity contribution in [2.45, 2.75) is 6.42 Å². The Morgan fingerprint density at radius 3 is 2.86 bits per heavy atom. The fourth-order valence-electron chi connectivity index (χ4n) is 3.48. The van der Waals surface area contributed by atoms with Crippen LogP contribution < -0.4 is 4.90 Å². The van der Waals surface area contributed by atoms with E-state index in [9.17, 15) is 4.79 Å². The van der Waals surface area contributed by atoms with Gasteiger partial charge in [0.05, 0.1) is 17.2 Å². The van der Waals surface area contributed by atoms with Crippen molar-refractivity contribution in [3.8, 4) is 10.7 Å². The fraction of sp³-hybridized carbons (Fsp3) is 0.250. The third-order valence-electron chi connectivity index (χ3n) is 4.97. The summed E-state index contributed by atoms with van der Waals surface area (Å²) in [5.74, 6) is 0.821. The highest BCUT2D eigenvalue weighted by Gasteiger charge is 2.23. The summed E-state index contributed by atoms with van der Waals surface area (Å²) >= 11 is 1.41. The number of imidazole rings is 1. The number of aromatic amines is 1. The first-order valence-corrected chi connectivity index (χ1v) is 10.4. The number of rotatable bonds is 3. The van der Waals surface area contributed by atoms with E-state index in [1.54, 1.807) is 24.0 Å². The van der Waals surface area contributed by atoms with Crippen LogP contribution in [0.3, 0.4) is 0 Å². The minimum absolute atomic E-state index is 0.0390. The van der Waals surface area contributed by atoms with Gasteiger partial charge >= 0.3 is 0 Å². The molecule has 1 saturated heterocycles. The number of amides is 1. The number of para-hydroxylation sites is 2. The zero-order valence-corrected chi connectivity index (χ0v) is 16.5. The second kappa shape index (κ2) is 7.59. The molecule has 4 aromatic rings. The summed E-state index contributed by atoms with van der Waals surface area (Å²) in [5, 5.41) is 2.51. The minimum Gasteiger partial charge on any atom is -0.341 e. The molecule has 4 heterocycles. The first-order chi connectivity index (χ1) is 14.3. The maximum absolute atomic E-state index is 13.0. The molecule has 1 N–H and O–H groups in total. The lowest BCUT2D eigenvalue weighted by molar-refractivity contribution is 0.0762. The van der Waals surface area contributed by atoms with Crippen LogP contribution in [-0.2, 0) is 0 Å². The Kier molecular flexibility index (Phi) is 4.65. The summed E-state index contributed by atoms with van der Waals surface area (Å²) in [6.07, 6.45) is 5.78. The maximum atomic E-state index is 13.0. The van der Waals surface area contributed by atoms with E-state index in [-0.39, 0.29) is 5.91 Å². The molecule has 0 atom stereocenters. The molecule has 8 nitrogen and oxygen atoms in total. The molecular formula is C20H19N7OS. The highest BCUT2D eigenvalue weighted by molar-refractivity contribution is 7.13. The number of benzene rings is 1. The Bertz CT molecular complexity index is 1110. The van der Waals surface area contributed by atoms with Gasteiger partial charge in [0.25, 0.3) is 5.91 Å². The standard InChI is InChI=1S/C20H19N7OS/c28-19(17-13-29-18(23-17)16-12-21-6-7-22-16)26-8-3-9-27(11-10-26)20-24-14-4-1-2-5-15(14)25-20/h1-2,4-7,12-13H,3,8-11H2,(H,24,25). The molecule has 3 aromatic heterocycles. The molecule has 1 fully saturated rings. The number of nitrogens with zero attached hydrogens (tertiary/aromatic N) is 6. The number of carbonyl (C=O) groups excluding carboxylic acids is 1. The number of H-pyrrole nitrogens is 1. The molecule has 0 radical (unpaired) electrons. The van der Waals surface area contributed by atoms with Gasteiger partial charge in [-0.2, -0.15) is 0 Å². The Hall–Kier alpha value is -3.33. The van der Waals surface area contributed by atoms with E-state index >= 15 is 0 Å². The van der Waals surface area contributed by atoms with Gasteiger partial charge < -0.3 is 14.8 Å². The summed E-state index contributed by atoms with van der Waals surface area (Å²) in [6.45, 7) is 2.92. The van der Waals surface area contributed by atoms with Crippen LogP contribution >= 0.6 is 11.3 Å². The van der Waals surface area contributed by atoms with Crippen molar-refractivity contribution in [1.82, 2.24) is 29.8 Å². The number of fused-ring (bicyclic) bond motifs is 1. The summed E-state index contributed by atoms with van der Waals surface area (Å²) in [6, 6.07) is 8.01. The Balaban J connectivity index is 1.29. The van der Waals surface area contributed by atoms with E-state index in [4.69, 9.17) is 0 Å². The van der Waals surface area contributed by atoms with E-state index in [1.807, 2.05) is 29.2 Å². The molecule has 0 unspecified atom stereocenters. The van der Waals surface area contributed by atoms with E-state index in [0.29, 0.717) is 29.5 Å². The van der Waals surface area contributed by atoms with Crippen LogP contribution in [0.1, 0.15) is 16.9 Å². The monoisotopic (exact) mass is 405 g/mol. The van der Waals surface area contributed by atoms with Crippen molar-refractivity contribution in [2.75, 3.05) is 31.1 Å². The van der Waals surface area contributed by atoms with Crippen LogP contribution in [0.15, 0.2) is 48.2 Å². The Morgan fingerprint density at radius 2 is 2.00 bits per heavy atom. The van der Waals surface area contributed by atoms with Gasteiger partial charge in [-0.1, -0.05) is 12.1 Å². The lowest BCUT2D eigenvalue weighted by Gasteiger charge is -2.21. The lowest BCUT2D eigenvalue weighted by Crippen LogP contribution is -2.35. The number of aromatic nitrogens is 5. The largest absolute Gasteiger partial charge is 0.341 e. The first kappa shape index (κ1) is 17.7. The average molecular weight is 405 g/mol. The molecule has 5 rings (SSSR count). The van der Waals surface area contributed by atoms with Gasteiger partial charge in [0.2, 0.25) is 5.95 Å². The molecule has 1 amide bonds. The van der Waals surface area contributed by atoms with Crippen molar-refractivity contribution < 1.29 is 4.79 Å². The summed E-state index contributed by atoms with van der Waals surface area (Å²) in [5.41, 5.74) is 3.13. The molecule has 1 aliphatic rings. The van der Waals surface area contributed by atoms with Crippen LogP contribution in [-0.4, -0.2) is 61.9 Å². The molecule has 146 valence electrons. The minimum atomic E-state index is -0.0390. The summed E-state index contributed by atoms with van der Waals surface area (Å²) < 4.78 is 0. The van der Waals surface area contributed by atoms with Gasteiger partial charge in [-0.05, 0) is 18.6 Å². The normalized spacial score (nSPS) is 14.9. The number of hydrogen-bond acceptors (Lipinski definition) is 7. The van der Waals surface area contributed by atoms with E-state index in [2.05, 4.69) is 29.8 Å². The van der Waals surface area contributed by atoms with Gasteiger partial charge in [0.15, 0.2) is 0 Å². The molecule has 1 aromatic carbocycles. The third-order valence-corrected chi connectivity index (χ3v) is 5.83. The summed E-state index contributed by atoms with van der Waals surface area (Å²) in [4.78, 5) is 37.9. The quantitative estimate of drug-likeness (QED) is 0.564. The zero-order chi connectivity index (χ0) is 19.6. The number of nitrogens with one attached hydrogen (secondary N) is 1. The Morgan fingerprint density at radius 1 is 1.07 bits per heavy atom. The third kappa shape index (κ3) is 3.56. The van der Waals surface area contributed by atoms with E-state index < -0.39 is 0 Å². The molecule has 1 aliphatic heterocycles. The second-order valence-corrected chi connectivity index (χ2v) is 7.70. The van der Waals surface area contributed by atoms with Crippen LogP contribution in [0.4, 0.5) is 5.95 Å². The highest BCUT2D eigenvalue weighted by atomic mass is 32.1. The number of anilines is 1. The number of carbonyl (C=O) groups is 1. The highest BCUT2D eigenvalue weighted by Crippen LogP contribution is 2.23. The van der Waals surface area contributed by atoms with Crippen molar-refractivity contribution in [1.29, 1.82) is 0 Å². The van der Waals surface area contributed by atoms with Gasteiger partial charge in [0.1, 0.15) is 16.4 Å². The predicted molar refractivity (Wildman–Crippen MR) is 112 cm³/mol. The summed E-state index contributed by atoms with van der Waals surface area (Å²) in [7, 11) is 0. The van der Waals surface area contributed by atoms with Crippen LogP contribution in [0.5, 0.6) is 0 Å². The van der Waals surface area contributed by atoms with Crippen molar-refractivity contribution >= 4 is 34.2 Å². The van der Waals surface area contributed by atoms with Gasteiger partial charge in [-0.25, -0.2) is 9.97 Å². The first-order valence-electron chi connectivity index (χ1n) is 9.49. The second-order valence-electron chi connectivity index (χ2n) is 6.84. The van der Waals surface area contributed by atoms with Crippen molar-refractivity contribution in [3.63, 3.8) is 0 Å². The molecule has 29 heavy (non-hydrogen) atoms. The smallest absolute Gasteiger partial charge is 0.273 e. The van der Waals surface area contributed by atoms with Gasteiger partial charge in [0, 0.05) is 44.0 Å². The maximum Gasteiger partial charge on any atom is 0.273 e. The van der Waals surface area contributed by atoms with E-state index in [1.165, 1.54) is 11.3 Å². The van der Waals surface area contributed by atoms with Crippen LogP contribution in [0.2, 0.25) is 0 Å². The van der Waals surface area contributed by atoms with Gasteiger partial charge in [-0.3, -0.25) is 14.8 Å². The predicted octanol–water partition coefficient (Wildman–Crippen LogP) is 2.83. The fourth-order valence-corrected chi connectivity index (χ4v) is 4.24. The van der Waals surface area contributed by atoms with Crippen molar-refractivity contribution in [3.05, 3.63) is 53.9 Å². The Labute approximate surface area is 171 Å². The topological polar surface area (TPSA) is 90.9 Å². The van der Waals surface area contributed by atoms with E-state index in [0.717, 1.165) is 36.5 Å². The number of hydrogen-bond donors (Lipinski definition) is 1. The van der Waals surface area contributed by atoms with Crippen LogP contribution in [0.25, 0.3) is 21.7 Å². The van der Waals surface area contributed by atoms with Crippen LogP contribution in [0, 0.1) is 0 Å². The molecular weight excluding hydrogens is 386 g/mol. The molecule has 0 saturated carbocycles. The molecule has 0 bridgehead atoms. The van der Waals surface area contributed by atoms with Gasteiger partial charge in [-0.15, -0.1) is 11.3 Å². The SMILES string of the molecule is O=C(c1csc(-c2cnccn2)n1)N1CCCN(c2nc3ccccc3[nH]2)CC1. The van der Waals surface area contributed by atoms with Crippen molar-refractivity contribution in [2.24, 2.45) is 0 Å². The molecule has 0 aliphatic carbocycles. The molecule has 9 heteroatoms. The lowest BCUT2D eigenvalue weighted by atomic mass is 10.3. The number of thiazole rings is 1. The molecule has 0 spiro atoms. The average Bonchev–Trinajstić information content (AvgIpc) is 3.35.